The third-order valence-electron chi connectivity index (χ3n) is 4.95. The fourth-order valence-electron chi connectivity index (χ4n) is 3.16. The van der Waals surface area contributed by atoms with Crippen LogP contribution in [-0.4, -0.2) is 42.0 Å². The zero-order chi connectivity index (χ0) is 16.4. The molecule has 0 atom stereocenters. The molecule has 3 rings (SSSR count). The molecule has 0 radical (unpaired) electrons. The van der Waals surface area contributed by atoms with Gasteiger partial charge in [-0.3, -0.25) is 4.79 Å². The molecule has 2 fully saturated rings. The minimum atomic E-state index is 0.263. The highest BCUT2D eigenvalue weighted by Crippen LogP contribution is 2.29. The third-order valence-corrected chi connectivity index (χ3v) is 4.95. The lowest BCUT2D eigenvalue weighted by molar-refractivity contribution is -0.138. The lowest BCUT2D eigenvalue weighted by Crippen LogP contribution is -2.51. The number of aromatic nitrogens is 1. The first-order valence-corrected chi connectivity index (χ1v) is 8.55. The van der Waals surface area contributed by atoms with E-state index in [0.29, 0.717) is 17.4 Å². The molecule has 1 aliphatic heterocycles. The average molecular weight is 312 g/mol. The molecular formula is C18H24N4O. The maximum absolute atomic E-state index is 12.3. The zero-order valence-corrected chi connectivity index (χ0v) is 14.0. The fraction of sp³-hybridized carbons (Fsp3) is 0.611. The van der Waals surface area contributed by atoms with Crippen LogP contribution in [0.25, 0.3) is 0 Å². The molecule has 2 heterocycles. The Balaban J connectivity index is 1.70. The standard InChI is InChI=1S/C18H24N4O/c1-13(2)16-7-6-15(12-19)17(20-16)21-8-10-22(11-9-21)18(23)14-4-3-5-14/h6-7,13-14H,3-5,8-11H2,1-2H3. The minimum Gasteiger partial charge on any atom is -0.352 e. The van der Waals surface area contributed by atoms with Crippen molar-refractivity contribution >= 4 is 11.7 Å². The summed E-state index contributed by atoms with van der Waals surface area (Å²) in [6.07, 6.45) is 3.29. The van der Waals surface area contributed by atoms with Gasteiger partial charge >= 0.3 is 0 Å². The van der Waals surface area contributed by atoms with E-state index >= 15 is 0 Å². The monoisotopic (exact) mass is 312 g/mol. The van der Waals surface area contributed by atoms with Crippen LogP contribution in [0.5, 0.6) is 0 Å². The van der Waals surface area contributed by atoms with E-state index in [-0.39, 0.29) is 5.92 Å². The number of carbonyl (C=O) groups excluding carboxylic acids is 1. The van der Waals surface area contributed by atoms with Crippen LogP contribution >= 0.6 is 0 Å². The Morgan fingerprint density at radius 3 is 2.48 bits per heavy atom. The van der Waals surface area contributed by atoms with Crippen molar-refractivity contribution in [3.05, 3.63) is 23.4 Å². The molecule has 5 nitrogen and oxygen atoms in total. The van der Waals surface area contributed by atoms with Crippen LogP contribution in [0.15, 0.2) is 12.1 Å². The van der Waals surface area contributed by atoms with E-state index in [0.717, 1.165) is 50.5 Å². The summed E-state index contributed by atoms with van der Waals surface area (Å²) >= 11 is 0. The molecule has 0 aromatic carbocycles. The highest BCUT2D eigenvalue weighted by Gasteiger charge is 2.31. The summed E-state index contributed by atoms with van der Waals surface area (Å²) in [5.74, 6) is 1.69. The molecular weight excluding hydrogens is 288 g/mol. The normalized spacial score (nSPS) is 18.7. The van der Waals surface area contributed by atoms with Crippen LogP contribution in [0, 0.1) is 17.2 Å². The quantitative estimate of drug-likeness (QED) is 0.860. The molecule has 1 saturated heterocycles. The number of amides is 1. The van der Waals surface area contributed by atoms with Crippen LogP contribution in [0.1, 0.15) is 50.3 Å². The SMILES string of the molecule is CC(C)c1ccc(C#N)c(N2CCN(C(=O)C3CCC3)CC2)n1. The van der Waals surface area contributed by atoms with Crippen molar-refractivity contribution in [1.82, 2.24) is 9.88 Å². The molecule has 1 saturated carbocycles. The Morgan fingerprint density at radius 2 is 1.96 bits per heavy atom. The van der Waals surface area contributed by atoms with E-state index in [1.807, 2.05) is 17.0 Å². The van der Waals surface area contributed by atoms with E-state index in [1.165, 1.54) is 6.42 Å². The lowest BCUT2D eigenvalue weighted by atomic mass is 9.84. The highest BCUT2D eigenvalue weighted by atomic mass is 16.2. The number of nitrogens with zero attached hydrogens (tertiary/aromatic N) is 4. The van der Waals surface area contributed by atoms with Gasteiger partial charge in [-0.1, -0.05) is 20.3 Å². The van der Waals surface area contributed by atoms with Crippen molar-refractivity contribution in [3.63, 3.8) is 0 Å². The van der Waals surface area contributed by atoms with Gasteiger partial charge in [-0.15, -0.1) is 0 Å². The van der Waals surface area contributed by atoms with Crippen LogP contribution in [0.3, 0.4) is 0 Å². The summed E-state index contributed by atoms with van der Waals surface area (Å²) in [4.78, 5) is 21.2. The van der Waals surface area contributed by atoms with Gasteiger partial charge in [-0.2, -0.15) is 5.26 Å². The van der Waals surface area contributed by atoms with E-state index in [4.69, 9.17) is 4.98 Å². The summed E-state index contributed by atoms with van der Waals surface area (Å²) in [5, 5.41) is 9.35. The second-order valence-electron chi connectivity index (χ2n) is 6.81. The first kappa shape index (κ1) is 15.8. The Bertz CT molecular complexity index is 622. The van der Waals surface area contributed by atoms with Gasteiger partial charge in [0.25, 0.3) is 0 Å². The van der Waals surface area contributed by atoms with Crippen molar-refractivity contribution in [2.75, 3.05) is 31.1 Å². The number of anilines is 1. The minimum absolute atomic E-state index is 0.263. The number of piperazine rings is 1. The molecule has 1 aromatic rings. The fourth-order valence-corrected chi connectivity index (χ4v) is 3.16. The number of nitriles is 1. The second-order valence-corrected chi connectivity index (χ2v) is 6.81. The predicted octanol–water partition coefficient (Wildman–Crippen LogP) is 2.53. The summed E-state index contributed by atoms with van der Waals surface area (Å²) in [5.41, 5.74) is 1.63. The van der Waals surface area contributed by atoms with Crippen LogP contribution in [-0.2, 0) is 4.79 Å². The molecule has 1 aromatic heterocycles. The van der Waals surface area contributed by atoms with Gasteiger partial charge in [0, 0.05) is 37.8 Å². The third kappa shape index (κ3) is 3.17. The van der Waals surface area contributed by atoms with Gasteiger partial charge in [0.1, 0.15) is 11.9 Å². The Morgan fingerprint density at radius 1 is 1.26 bits per heavy atom. The smallest absolute Gasteiger partial charge is 0.225 e. The number of pyridine rings is 1. The Kier molecular flexibility index (Phi) is 4.51. The number of hydrogen-bond donors (Lipinski definition) is 0. The molecule has 0 unspecified atom stereocenters. The van der Waals surface area contributed by atoms with Gasteiger partial charge in [-0.25, -0.2) is 4.98 Å². The molecule has 23 heavy (non-hydrogen) atoms. The largest absolute Gasteiger partial charge is 0.352 e. The van der Waals surface area contributed by atoms with Crippen LogP contribution in [0.4, 0.5) is 5.82 Å². The van der Waals surface area contributed by atoms with E-state index in [1.54, 1.807) is 0 Å². The molecule has 1 amide bonds. The molecule has 122 valence electrons. The summed E-state index contributed by atoms with van der Waals surface area (Å²) in [7, 11) is 0. The van der Waals surface area contributed by atoms with Gasteiger partial charge in [-0.05, 0) is 30.9 Å². The molecule has 1 aliphatic carbocycles. The van der Waals surface area contributed by atoms with Crippen molar-refractivity contribution < 1.29 is 4.79 Å². The first-order chi connectivity index (χ1) is 11.1. The van der Waals surface area contributed by atoms with Gasteiger partial charge < -0.3 is 9.80 Å². The van der Waals surface area contributed by atoms with Gasteiger partial charge in [0.15, 0.2) is 0 Å². The number of carbonyl (C=O) groups is 1. The summed E-state index contributed by atoms with van der Waals surface area (Å²) < 4.78 is 0. The maximum atomic E-state index is 12.3. The van der Waals surface area contributed by atoms with Crippen LogP contribution < -0.4 is 4.90 Å². The average Bonchev–Trinajstić information content (AvgIpc) is 2.52. The number of rotatable bonds is 3. The lowest BCUT2D eigenvalue weighted by Gasteiger charge is -2.39. The van der Waals surface area contributed by atoms with E-state index in [9.17, 15) is 10.1 Å². The second kappa shape index (κ2) is 6.57. The molecule has 0 N–H and O–H groups in total. The zero-order valence-electron chi connectivity index (χ0n) is 14.0. The van der Waals surface area contributed by atoms with Gasteiger partial charge in [0.05, 0.1) is 5.56 Å². The Hall–Kier alpha value is -2.09. The molecule has 0 bridgehead atoms. The Labute approximate surface area is 137 Å². The topological polar surface area (TPSA) is 60.2 Å². The highest BCUT2D eigenvalue weighted by molar-refractivity contribution is 5.80. The van der Waals surface area contributed by atoms with Crippen molar-refractivity contribution in [2.45, 2.75) is 39.0 Å². The van der Waals surface area contributed by atoms with E-state index in [2.05, 4.69) is 24.8 Å². The van der Waals surface area contributed by atoms with Gasteiger partial charge in [0.2, 0.25) is 5.91 Å². The van der Waals surface area contributed by atoms with Crippen molar-refractivity contribution in [1.29, 1.82) is 5.26 Å². The molecule has 0 spiro atoms. The van der Waals surface area contributed by atoms with Crippen molar-refractivity contribution in [3.8, 4) is 6.07 Å². The van der Waals surface area contributed by atoms with E-state index < -0.39 is 0 Å². The summed E-state index contributed by atoms with van der Waals surface area (Å²) in [6, 6.07) is 6.04. The molecule has 5 heteroatoms. The van der Waals surface area contributed by atoms with Crippen LogP contribution in [0.2, 0.25) is 0 Å². The number of hydrogen-bond acceptors (Lipinski definition) is 4. The maximum Gasteiger partial charge on any atom is 0.225 e. The van der Waals surface area contributed by atoms with Crippen molar-refractivity contribution in [2.24, 2.45) is 5.92 Å². The molecule has 2 aliphatic rings. The predicted molar refractivity (Wildman–Crippen MR) is 89.2 cm³/mol. The first-order valence-electron chi connectivity index (χ1n) is 8.55. The summed E-state index contributed by atoms with van der Waals surface area (Å²) in [6.45, 7) is 7.17.